The van der Waals surface area contributed by atoms with Crippen LogP contribution in [0, 0.1) is 0 Å². The van der Waals surface area contributed by atoms with Gasteiger partial charge in [0.05, 0.1) is 13.2 Å². The predicted octanol–water partition coefficient (Wildman–Crippen LogP) is 12.7. The summed E-state index contributed by atoms with van der Waals surface area (Å²) in [5.74, 6) is -2.97. The van der Waals surface area contributed by atoms with Crippen molar-refractivity contribution in [2.45, 2.75) is 251 Å². The van der Waals surface area contributed by atoms with Gasteiger partial charge < -0.3 is 24.5 Å². The molecule has 0 saturated carbocycles. The normalized spacial score (nSPS) is 14.2. The van der Waals surface area contributed by atoms with Crippen LogP contribution in [0.5, 0.6) is 0 Å². The molecule has 1 fully saturated rings. The van der Waals surface area contributed by atoms with E-state index in [-0.39, 0.29) is 64.2 Å². The number of allylic oxidation sites excluding steroid dienone is 4. The van der Waals surface area contributed by atoms with Crippen molar-refractivity contribution in [1.29, 1.82) is 0 Å². The molecule has 1 heterocycles. The fourth-order valence-corrected chi connectivity index (χ4v) is 8.42. The summed E-state index contributed by atoms with van der Waals surface area (Å²) in [5.41, 5.74) is 0. The number of carbonyl (C=O) groups excluding carboxylic acids is 6. The fraction of sp³-hybridized carbons (Fsp3) is 0.811. The number of carbonyl (C=O) groups is 6. The van der Waals surface area contributed by atoms with E-state index in [0.717, 1.165) is 77.0 Å². The second kappa shape index (κ2) is 44.5. The summed E-state index contributed by atoms with van der Waals surface area (Å²) in [7, 11) is -4.63. The number of esters is 2. The van der Waals surface area contributed by atoms with Gasteiger partial charge >= 0.3 is 25.7 Å². The number of ether oxygens (including phenoxy) is 2. The molecule has 16 heteroatoms. The Bertz CT molecular complexity index is 1470. The highest BCUT2D eigenvalue weighted by Gasteiger charge is 2.32. The lowest BCUT2D eigenvalue weighted by Gasteiger charge is -2.20. The maximum atomic E-state index is 12.8. The lowest BCUT2D eigenvalue weighted by atomic mass is 10.1. The van der Waals surface area contributed by atoms with Crippen LogP contribution < -0.4 is 5.32 Å². The van der Waals surface area contributed by atoms with Gasteiger partial charge in [-0.3, -0.25) is 33.0 Å². The minimum absolute atomic E-state index is 0.0313. The zero-order valence-electron chi connectivity index (χ0n) is 42.9. The van der Waals surface area contributed by atoms with Gasteiger partial charge in [0.2, 0.25) is 5.91 Å². The number of rotatable bonds is 48. The topological polar surface area (TPSA) is 201 Å². The van der Waals surface area contributed by atoms with E-state index in [1.165, 1.54) is 77.0 Å². The van der Waals surface area contributed by atoms with E-state index in [4.69, 9.17) is 23.4 Å². The molecule has 0 radical (unpaired) electrons. The highest BCUT2D eigenvalue weighted by molar-refractivity contribution is 7.47. The van der Waals surface area contributed by atoms with Crippen molar-refractivity contribution in [2.75, 3.05) is 26.4 Å². The Hall–Kier alpha value is -3.39. The van der Waals surface area contributed by atoms with Crippen LogP contribution in [0.2, 0.25) is 0 Å². The van der Waals surface area contributed by atoms with Gasteiger partial charge in [-0.25, -0.2) is 9.36 Å². The molecule has 2 atom stereocenters. The molecule has 0 aromatic rings. The number of imide groups is 1. The Kier molecular flexibility index (Phi) is 41.1. The first kappa shape index (κ1) is 63.6. The molecule has 1 rings (SSSR count). The van der Waals surface area contributed by atoms with Crippen molar-refractivity contribution in [3.8, 4) is 0 Å². The van der Waals surface area contributed by atoms with Gasteiger partial charge in [-0.2, -0.15) is 0 Å². The lowest BCUT2D eigenvalue weighted by molar-refractivity contribution is -0.197. The first-order chi connectivity index (χ1) is 33.5. The number of phosphoric acid groups is 1. The molecule has 2 N–H and O–H groups in total. The molecule has 1 saturated heterocycles. The Morgan fingerprint density at radius 3 is 1.43 bits per heavy atom. The zero-order valence-corrected chi connectivity index (χ0v) is 43.8. The van der Waals surface area contributed by atoms with Crippen LogP contribution >= 0.6 is 7.82 Å². The largest absolute Gasteiger partial charge is 0.472 e. The SMILES string of the molecule is CCCCCCCC/C=C\CCCCCCCC(=O)OC[C@H](COP(=O)(O)OCCNC(=O)CCCCCCC(=O)ON1C(=O)CCC1=O)OC(=O)CCCCCCC/C=C\CCCCCCCC. The number of hydrogen-bond acceptors (Lipinski definition) is 12. The third-order valence-corrected chi connectivity index (χ3v) is 12.8. The third kappa shape index (κ3) is 40.0. The van der Waals surface area contributed by atoms with E-state index in [0.29, 0.717) is 43.6 Å². The van der Waals surface area contributed by atoms with E-state index in [1.54, 1.807) is 0 Å². The average molecular weight is 997 g/mol. The minimum Gasteiger partial charge on any atom is -0.462 e. The molecule has 1 aliphatic heterocycles. The van der Waals surface area contributed by atoms with Crippen molar-refractivity contribution in [3.05, 3.63) is 24.3 Å². The molecule has 1 unspecified atom stereocenters. The zero-order chi connectivity index (χ0) is 50.5. The molecular weight excluding hydrogens is 904 g/mol. The maximum absolute atomic E-state index is 12.8. The van der Waals surface area contributed by atoms with Gasteiger partial charge in [0.15, 0.2) is 6.10 Å². The smallest absolute Gasteiger partial charge is 0.462 e. The highest BCUT2D eigenvalue weighted by Crippen LogP contribution is 2.43. The van der Waals surface area contributed by atoms with Gasteiger partial charge in [0, 0.05) is 45.1 Å². The number of hydrogen-bond donors (Lipinski definition) is 2. The molecule has 0 aromatic carbocycles. The molecule has 0 aliphatic carbocycles. The minimum atomic E-state index is -4.63. The van der Waals surface area contributed by atoms with Crippen LogP contribution in [0.1, 0.15) is 245 Å². The van der Waals surface area contributed by atoms with E-state index >= 15 is 0 Å². The molecule has 1 aliphatic rings. The summed E-state index contributed by atoms with van der Waals surface area (Å²) in [6.45, 7) is 3.22. The second-order valence-electron chi connectivity index (χ2n) is 18.4. The van der Waals surface area contributed by atoms with Gasteiger partial charge in [-0.05, 0) is 77.0 Å². The number of hydroxylamine groups is 2. The molecular formula is C53H93N2O13P. The van der Waals surface area contributed by atoms with Crippen LogP contribution in [0.3, 0.4) is 0 Å². The van der Waals surface area contributed by atoms with Crippen LogP contribution in [0.4, 0.5) is 0 Å². The molecule has 0 spiro atoms. The van der Waals surface area contributed by atoms with Gasteiger partial charge in [0.1, 0.15) is 6.61 Å². The van der Waals surface area contributed by atoms with Gasteiger partial charge in [0.25, 0.3) is 11.8 Å². The maximum Gasteiger partial charge on any atom is 0.472 e. The number of amides is 3. The predicted molar refractivity (Wildman–Crippen MR) is 269 cm³/mol. The first-order valence-corrected chi connectivity index (χ1v) is 28.6. The molecule has 398 valence electrons. The number of unbranched alkanes of at least 4 members (excludes halogenated alkanes) is 25. The van der Waals surface area contributed by atoms with Crippen LogP contribution in [0.25, 0.3) is 0 Å². The number of nitrogens with zero attached hydrogens (tertiary/aromatic N) is 1. The highest BCUT2D eigenvalue weighted by atomic mass is 31.2. The van der Waals surface area contributed by atoms with Crippen molar-refractivity contribution in [1.82, 2.24) is 10.4 Å². The number of nitrogens with one attached hydrogen (secondary N) is 1. The second-order valence-corrected chi connectivity index (χ2v) is 19.8. The quantitative estimate of drug-likeness (QED) is 0.0192. The molecule has 0 bridgehead atoms. The fourth-order valence-electron chi connectivity index (χ4n) is 7.67. The Morgan fingerprint density at radius 2 is 0.957 bits per heavy atom. The standard InChI is InChI=1S/C53H93N2O13P/c1-3-5-7-9-11-13-15-17-19-21-23-25-27-29-34-38-51(59)64-45-47(67-52(60)39-35-30-28-26-24-22-20-18-16-14-12-10-8-6-4-2)46-66-69(62,63)65-44-43-54-48(56)37-33-31-32-36-40-53(61)68-55-49(57)41-42-50(55)58/h17-20,47H,3-16,21-46H2,1-2H3,(H,54,56)(H,62,63)/b19-17-,20-18-/t47-/m1/s1. The molecule has 69 heavy (non-hydrogen) atoms. The van der Waals surface area contributed by atoms with Gasteiger partial charge in [-0.1, -0.05) is 154 Å². The van der Waals surface area contributed by atoms with E-state index < -0.39 is 50.3 Å². The number of phosphoric ester groups is 1. The van der Waals surface area contributed by atoms with Gasteiger partial charge in [-0.15, -0.1) is 5.06 Å². The molecule has 15 nitrogen and oxygen atoms in total. The summed E-state index contributed by atoms with van der Waals surface area (Å²) in [5, 5.41) is 3.13. The Morgan fingerprint density at radius 1 is 0.551 bits per heavy atom. The van der Waals surface area contributed by atoms with E-state index in [2.05, 4.69) is 43.5 Å². The summed E-state index contributed by atoms with van der Waals surface area (Å²) in [6.07, 6.45) is 40.6. The summed E-state index contributed by atoms with van der Waals surface area (Å²) < 4.78 is 33.9. The van der Waals surface area contributed by atoms with Crippen molar-refractivity contribution in [2.24, 2.45) is 0 Å². The molecule has 0 aromatic heterocycles. The third-order valence-electron chi connectivity index (χ3n) is 11.8. The first-order valence-electron chi connectivity index (χ1n) is 27.1. The summed E-state index contributed by atoms with van der Waals surface area (Å²) in [6, 6.07) is 0. The Balaban J connectivity index is 2.38. The van der Waals surface area contributed by atoms with Crippen LogP contribution in [-0.2, 0) is 56.7 Å². The Labute approximate surface area is 415 Å². The lowest BCUT2D eigenvalue weighted by Crippen LogP contribution is -2.31. The summed E-state index contributed by atoms with van der Waals surface area (Å²) in [4.78, 5) is 87.9. The van der Waals surface area contributed by atoms with Crippen LogP contribution in [0.15, 0.2) is 24.3 Å². The van der Waals surface area contributed by atoms with Crippen molar-refractivity contribution >= 4 is 43.5 Å². The van der Waals surface area contributed by atoms with Crippen molar-refractivity contribution < 1.29 is 61.6 Å². The van der Waals surface area contributed by atoms with E-state index in [9.17, 15) is 38.2 Å². The van der Waals surface area contributed by atoms with E-state index in [1.807, 2.05) is 0 Å². The van der Waals surface area contributed by atoms with Crippen molar-refractivity contribution in [3.63, 3.8) is 0 Å². The molecule has 3 amide bonds. The summed E-state index contributed by atoms with van der Waals surface area (Å²) >= 11 is 0. The average Bonchev–Trinajstić information content (AvgIpc) is 3.64. The van der Waals surface area contributed by atoms with Crippen LogP contribution in [-0.4, -0.2) is 78.1 Å². The monoisotopic (exact) mass is 997 g/mol.